The summed E-state index contributed by atoms with van der Waals surface area (Å²) in [5, 5.41) is 8.02. The summed E-state index contributed by atoms with van der Waals surface area (Å²) in [5.41, 5.74) is 2.22. The third-order valence-corrected chi connectivity index (χ3v) is 8.79. The van der Waals surface area contributed by atoms with Gasteiger partial charge in [-0.05, 0) is 96.7 Å². The van der Waals surface area contributed by atoms with Gasteiger partial charge in [-0.3, -0.25) is 4.79 Å². The van der Waals surface area contributed by atoms with Crippen LogP contribution in [0.15, 0.2) is 35.3 Å². The van der Waals surface area contributed by atoms with Crippen molar-refractivity contribution in [2.45, 2.75) is 83.2 Å². The zero-order valence-electron chi connectivity index (χ0n) is 18.8. The van der Waals surface area contributed by atoms with Crippen molar-refractivity contribution < 1.29 is 4.79 Å². The lowest BCUT2D eigenvalue weighted by molar-refractivity contribution is -0.156. The highest BCUT2D eigenvalue weighted by Crippen LogP contribution is 2.64. The van der Waals surface area contributed by atoms with E-state index in [2.05, 4.69) is 81.0 Å². The van der Waals surface area contributed by atoms with Crippen molar-refractivity contribution >= 4 is 21.8 Å². The molecule has 1 heterocycles. The number of amides is 1. The van der Waals surface area contributed by atoms with Crippen molar-refractivity contribution in [2.75, 3.05) is 0 Å². The van der Waals surface area contributed by atoms with Gasteiger partial charge < -0.3 is 5.32 Å². The van der Waals surface area contributed by atoms with Crippen molar-refractivity contribution in [1.29, 1.82) is 0 Å². The lowest BCUT2D eigenvalue weighted by atomic mass is 9.46. The van der Waals surface area contributed by atoms with Crippen LogP contribution in [0.2, 0.25) is 0 Å². The molecule has 166 valence electrons. The molecule has 6 rings (SSSR count). The second-order valence-electron chi connectivity index (χ2n) is 10.6. The van der Waals surface area contributed by atoms with Gasteiger partial charge in [0.15, 0.2) is 0 Å². The van der Waals surface area contributed by atoms with Crippen LogP contribution in [0.5, 0.6) is 0 Å². The van der Waals surface area contributed by atoms with Gasteiger partial charge in [0.25, 0.3) is 0 Å². The Balaban J connectivity index is 1.35. The molecular weight excluding hydrogens is 452 g/mol. The highest BCUT2D eigenvalue weighted by Gasteiger charge is 2.61. The first-order valence-electron chi connectivity index (χ1n) is 11.8. The molecule has 4 saturated carbocycles. The Kier molecular flexibility index (Phi) is 5.27. The fourth-order valence-corrected chi connectivity index (χ4v) is 7.26. The lowest BCUT2D eigenvalue weighted by Gasteiger charge is -2.61. The van der Waals surface area contributed by atoms with E-state index >= 15 is 0 Å². The molecule has 0 spiro atoms. The summed E-state index contributed by atoms with van der Waals surface area (Å²) in [5.74, 6) is 2.03. The number of hydrogen-bond acceptors (Lipinski definition) is 3. The Morgan fingerprint density at radius 3 is 2.39 bits per heavy atom. The SMILES string of the molecule is CCC(C)c1ccc(C(C)NC(=O)C23CC4CC(C2)CC(n2cnc(Br)n2)(C4)C3)cc1. The predicted octanol–water partition coefficient (Wildman–Crippen LogP) is 5.73. The third kappa shape index (κ3) is 3.65. The van der Waals surface area contributed by atoms with Crippen LogP contribution in [0.3, 0.4) is 0 Å². The molecule has 4 aliphatic rings. The summed E-state index contributed by atoms with van der Waals surface area (Å²) in [6, 6.07) is 8.81. The van der Waals surface area contributed by atoms with E-state index in [4.69, 9.17) is 0 Å². The normalized spacial score (nSPS) is 33.3. The van der Waals surface area contributed by atoms with E-state index in [0.717, 1.165) is 38.5 Å². The fourth-order valence-electron chi connectivity index (χ4n) is 7.00. The van der Waals surface area contributed by atoms with E-state index < -0.39 is 0 Å². The highest BCUT2D eigenvalue weighted by atomic mass is 79.9. The van der Waals surface area contributed by atoms with Crippen LogP contribution in [0, 0.1) is 17.3 Å². The third-order valence-electron chi connectivity index (χ3n) is 8.43. The molecule has 1 aromatic heterocycles. The van der Waals surface area contributed by atoms with Gasteiger partial charge in [-0.15, -0.1) is 5.10 Å². The zero-order valence-corrected chi connectivity index (χ0v) is 20.4. The summed E-state index contributed by atoms with van der Waals surface area (Å²) >= 11 is 3.41. The van der Waals surface area contributed by atoms with E-state index in [9.17, 15) is 4.79 Å². The largest absolute Gasteiger partial charge is 0.349 e. The van der Waals surface area contributed by atoms with Crippen LogP contribution >= 0.6 is 15.9 Å². The van der Waals surface area contributed by atoms with Crippen LogP contribution in [0.1, 0.15) is 88.8 Å². The smallest absolute Gasteiger partial charge is 0.226 e. The standard InChI is InChI=1S/C25H33BrN4O/c1-4-16(2)20-5-7-21(8-6-20)17(3)28-22(31)24-10-18-9-19(11-24)13-25(12-18,14-24)30-15-27-23(26)29-30/h5-8,15-19H,4,9-14H2,1-3H3,(H,28,31). The van der Waals surface area contributed by atoms with E-state index in [1.54, 1.807) is 0 Å². The molecule has 31 heavy (non-hydrogen) atoms. The Labute approximate surface area is 193 Å². The van der Waals surface area contributed by atoms with Crippen LogP contribution in [0.4, 0.5) is 0 Å². The number of rotatable bonds is 6. The summed E-state index contributed by atoms with van der Waals surface area (Å²) in [7, 11) is 0. The Morgan fingerprint density at radius 1 is 1.16 bits per heavy atom. The van der Waals surface area contributed by atoms with Crippen LogP contribution in [0.25, 0.3) is 0 Å². The summed E-state index contributed by atoms with van der Waals surface area (Å²) in [6.07, 6.45) is 9.43. The molecule has 5 nitrogen and oxygen atoms in total. The van der Waals surface area contributed by atoms with Crippen LogP contribution < -0.4 is 5.32 Å². The zero-order chi connectivity index (χ0) is 21.8. The minimum Gasteiger partial charge on any atom is -0.349 e. The summed E-state index contributed by atoms with van der Waals surface area (Å²) < 4.78 is 2.70. The lowest BCUT2D eigenvalue weighted by Crippen LogP contribution is -2.61. The number of hydrogen-bond donors (Lipinski definition) is 1. The second-order valence-corrected chi connectivity index (χ2v) is 11.3. The molecule has 4 atom stereocenters. The molecule has 0 aliphatic heterocycles. The van der Waals surface area contributed by atoms with Gasteiger partial charge in [0.05, 0.1) is 17.0 Å². The molecule has 1 N–H and O–H groups in total. The maximum Gasteiger partial charge on any atom is 0.226 e. The summed E-state index contributed by atoms with van der Waals surface area (Å²) in [6.45, 7) is 6.59. The molecule has 0 radical (unpaired) electrons. The Bertz CT molecular complexity index is 954. The van der Waals surface area contributed by atoms with E-state index in [-0.39, 0.29) is 22.9 Å². The molecule has 1 aromatic carbocycles. The van der Waals surface area contributed by atoms with Crippen molar-refractivity contribution in [3.05, 3.63) is 46.5 Å². The molecule has 6 heteroatoms. The van der Waals surface area contributed by atoms with Crippen LogP contribution in [-0.4, -0.2) is 20.7 Å². The quantitative estimate of drug-likeness (QED) is 0.569. The van der Waals surface area contributed by atoms with Crippen molar-refractivity contribution in [3.63, 3.8) is 0 Å². The molecular formula is C25H33BrN4O. The van der Waals surface area contributed by atoms with Gasteiger partial charge in [-0.25, -0.2) is 9.67 Å². The summed E-state index contributed by atoms with van der Waals surface area (Å²) in [4.78, 5) is 18.0. The van der Waals surface area contributed by atoms with Crippen LogP contribution in [-0.2, 0) is 10.3 Å². The molecule has 4 bridgehead atoms. The van der Waals surface area contributed by atoms with Crippen molar-refractivity contribution in [2.24, 2.45) is 17.3 Å². The maximum absolute atomic E-state index is 13.7. The highest BCUT2D eigenvalue weighted by molar-refractivity contribution is 9.10. The molecule has 4 unspecified atom stereocenters. The minimum atomic E-state index is -0.270. The molecule has 4 fully saturated rings. The first kappa shape index (κ1) is 21.2. The monoisotopic (exact) mass is 484 g/mol. The van der Waals surface area contributed by atoms with Gasteiger partial charge in [-0.2, -0.15) is 0 Å². The first-order chi connectivity index (χ1) is 14.8. The number of nitrogens with zero attached hydrogens (tertiary/aromatic N) is 3. The number of carbonyl (C=O) groups is 1. The minimum absolute atomic E-state index is 0.0166. The van der Waals surface area contributed by atoms with Crippen molar-refractivity contribution in [1.82, 2.24) is 20.1 Å². The Hall–Kier alpha value is -1.69. The van der Waals surface area contributed by atoms with Gasteiger partial charge in [0, 0.05) is 0 Å². The Morgan fingerprint density at radius 2 is 1.81 bits per heavy atom. The van der Waals surface area contributed by atoms with E-state index in [1.807, 2.05) is 6.33 Å². The number of carbonyl (C=O) groups excluding carboxylic acids is 1. The van der Waals surface area contributed by atoms with Crippen molar-refractivity contribution in [3.8, 4) is 0 Å². The van der Waals surface area contributed by atoms with E-state index in [1.165, 1.54) is 17.5 Å². The fraction of sp³-hybridized carbons (Fsp3) is 0.640. The van der Waals surface area contributed by atoms with Gasteiger partial charge in [0.2, 0.25) is 10.6 Å². The average Bonchev–Trinajstić information content (AvgIpc) is 3.19. The average molecular weight is 485 g/mol. The molecule has 0 saturated heterocycles. The second kappa shape index (κ2) is 7.72. The predicted molar refractivity (Wildman–Crippen MR) is 125 cm³/mol. The van der Waals surface area contributed by atoms with Gasteiger partial charge in [-0.1, -0.05) is 38.1 Å². The number of benzene rings is 1. The number of halogens is 1. The number of nitrogens with one attached hydrogen (secondary N) is 1. The molecule has 4 aliphatic carbocycles. The first-order valence-corrected chi connectivity index (χ1v) is 12.6. The topological polar surface area (TPSA) is 59.8 Å². The van der Waals surface area contributed by atoms with Gasteiger partial charge >= 0.3 is 0 Å². The van der Waals surface area contributed by atoms with E-state index in [0.29, 0.717) is 22.5 Å². The molecule has 1 amide bonds. The van der Waals surface area contributed by atoms with Gasteiger partial charge in [0.1, 0.15) is 6.33 Å². The molecule has 2 aromatic rings. The maximum atomic E-state index is 13.7. The number of aromatic nitrogens is 3.